The van der Waals surface area contributed by atoms with Crippen molar-refractivity contribution in [3.05, 3.63) is 49.1 Å². The van der Waals surface area contributed by atoms with Gasteiger partial charge in [0.2, 0.25) is 0 Å². The van der Waals surface area contributed by atoms with Gasteiger partial charge < -0.3 is 0 Å². The number of hydrogen-bond donors (Lipinski definition) is 2. The Bertz CT molecular complexity index is 515. The van der Waals surface area contributed by atoms with E-state index < -0.39 is 0 Å². The van der Waals surface area contributed by atoms with E-state index in [0.717, 1.165) is 6.04 Å². The SMILES string of the molecule is C#CC.C=C.C=C(C)C.C=C/C(C)=C(\C)C1CC2(CC)CC2NN1.CCCCCC. The van der Waals surface area contributed by atoms with Crippen molar-refractivity contribution in [2.45, 2.75) is 112 Å². The van der Waals surface area contributed by atoms with Crippen LogP contribution in [0.2, 0.25) is 0 Å². The third-order valence-electron chi connectivity index (χ3n) is 5.34. The Labute approximate surface area is 190 Å². The molecule has 2 aliphatic rings. The highest BCUT2D eigenvalue weighted by molar-refractivity contribution is 5.27. The van der Waals surface area contributed by atoms with Crippen LogP contribution in [0.5, 0.6) is 0 Å². The number of nitrogens with one attached hydrogen (secondary N) is 2. The standard InChI is InChI=1S/C13H22N2.C6H14.C4H8.C3H4.C2H4/c1-5-9(3)10(4)11-7-13(6-2)8-12(13)15-14-11;1-3-5-6-4-2;1-4(2)3;1-3-2;1-2/h5,11-12,14-15H,1,6-8H2,2-4H3;3-6H2,1-2H3;1H2,2-3H3;1H,2H3;1-2H2/b10-9+;;;;. The molecule has 2 rings (SSSR count). The van der Waals surface area contributed by atoms with Gasteiger partial charge in [0, 0.05) is 12.1 Å². The number of hydrazine groups is 1. The summed E-state index contributed by atoms with van der Waals surface area (Å²) < 4.78 is 0. The van der Waals surface area contributed by atoms with Gasteiger partial charge in [-0.05, 0) is 59.3 Å². The van der Waals surface area contributed by atoms with Gasteiger partial charge in [-0.15, -0.1) is 32.1 Å². The second-order valence-corrected chi connectivity index (χ2v) is 8.29. The molecular weight excluding hydrogens is 364 g/mol. The fraction of sp³-hybridized carbons (Fsp3) is 0.643. The summed E-state index contributed by atoms with van der Waals surface area (Å²) in [4.78, 5) is 0. The Morgan fingerprint density at radius 2 is 1.47 bits per heavy atom. The predicted octanol–water partition coefficient (Wildman–Crippen LogP) is 8.15. The second kappa shape index (κ2) is 20.7. The van der Waals surface area contributed by atoms with Crippen LogP contribution in [0.25, 0.3) is 0 Å². The highest BCUT2D eigenvalue weighted by Gasteiger charge is 2.56. The number of allylic oxidation sites excluding steroid dienone is 3. The minimum Gasteiger partial charge on any atom is -0.254 e. The van der Waals surface area contributed by atoms with E-state index in [1.54, 1.807) is 6.92 Å². The average molecular weight is 417 g/mol. The topological polar surface area (TPSA) is 24.1 Å². The van der Waals surface area contributed by atoms with Crippen molar-refractivity contribution in [1.82, 2.24) is 10.9 Å². The van der Waals surface area contributed by atoms with Crippen molar-refractivity contribution in [3.8, 4) is 12.3 Å². The van der Waals surface area contributed by atoms with Crippen LogP contribution in [0.3, 0.4) is 0 Å². The van der Waals surface area contributed by atoms with Crippen LogP contribution in [-0.4, -0.2) is 12.1 Å². The smallest absolute Gasteiger partial charge is 0.0431 e. The van der Waals surface area contributed by atoms with Crippen LogP contribution in [-0.2, 0) is 0 Å². The van der Waals surface area contributed by atoms with Crippen LogP contribution in [0.1, 0.15) is 100 Å². The Hall–Kier alpha value is -1.56. The molecule has 1 aliphatic heterocycles. The van der Waals surface area contributed by atoms with Gasteiger partial charge >= 0.3 is 0 Å². The quantitative estimate of drug-likeness (QED) is 0.197. The number of hydrogen-bond acceptors (Lipinski definition) is 2. The fourth-order valence-electron chi connectivity index (χ4n) is 3.17. The summed E-state index contributed by atoms with van der Waals surface area (Å²) in [5, 5.41) is 0. The summed E-state index contributed by atoms with van der Waals surface area (Å²) >= 11 is 0. The van der Waals surface area contributed by atoms with Gasteiger partial charge in [0.15, 0.2) is 0 Å². The van der Waals surface area contributed by atoms with Crippen molar-refractivity contribution in [2.75, 3.05) is 0 Å². The van der Waals surface area contributed by atoms with Crippen LogP contribution in [0.15, 0.2) is 49.1 Å². The van der Waals surface area contributed by atoms with Gasteiger partial charge in [0.1, 0.15) is 0 Å². The van der Waals surface area contributed by atoms with Gasteiger partial charge in [0.25, 0.3) is 0 Å². The zero-order valence-electron chi connectivity index (χ0n) is 21.6. The highest BCUT2D eigenvalue weighted by Crippen LogP contribution is 2.54. The lowest BCUT2D eigenvalue weighted by atomic mass is 9.87. The van der Waals surface area contributed by atoms with Crippen LogP contribution in [0, 0.1) is 17.8 Å². The number of unbranched alkanes of at least 4 members (excludes halogenated alkanes) is 3. The molecule has 2 N–H and O–H groups in total. The number of fused-ring (bicyclic) bond motifs is 1. The maximum atomic E-state index is 4.60. The highest BCUT2D eigenvalue weighted by atomic mass is 15.4. The molecule has 0 aromatic heterocycles. The Kier molecular flexibility index (Phi) is 22.8. The number of rotatable bonds is 6. The van der Waals surface area contributed by atoms with E-state index in [0.29, 0.717) is 11.5 Å². The van der Waals surface area contributed by atoms with Crippen molar-refractivity contribution >= 4 is 0 Å². The first-order valence-corrected chi connectivity index (χ1v) is 11.5. The lowest BCUT2D eigenvalue weighted by Gasteiger charge is -2.31. The van der Waals surface area contributed by atoms with E-state index >= 15 is 0 Å². The van der Waals surface area contributed by atoms with Crippen molar-refractivity contribution in [2.24, 2.45) is 5.41 Å². The molecule has 30 heavy (non-hydrogen) atoms. The molecule has 0 radical (unpaired) electrons. The van der Waals surface area contributed by atoms with E-state index in [9.17, 15) is 0 Å². The van der Waals surface area contributed by atoms with Crippen molar-refractivity contribution < 1.29 is 0 Å². The molecule has 3 atom stereocenters. The summed E-state index contributed by atoms with van der Waals surface area (Å²) in [5.41, 5.74) is 11.3. The first-order valence-electron chi connectivity index (χ1n) is 11.5. The normalized spacial score (nSPS) is 23.3. The third kappa shape index (κ3) is 15.3. The summed E-state index contributed by atoms with van der Waals surface area (Å²) in [6.45, 7) is 30.1. The molecule has 0 amide bonds. The molecule has 0 aromatic carbocycles. The first-order chi connectivity index (χ1) is 14.2. The van der Waals surface area contributed by atoms with Gasteiger partial charge in [-0.1, -0.05) is 75.8 Å². The molecule has 2 heteroatoms. The molecule has 1 aliphatic carbocycles. The zero-order valence-corrected chi connectivity index (χ0v) is 21.6. The maximum Gasteiger partial charge on any atom is 0.0431 e. The Morgan fingerprint density at radius 1 is 1.03 bits per heavy atom. The predicted molar refractivity (Wildman–Crippen MR) is 140 cm³/mol. The summed E-state index contributed by atoms with van der Waals surface area (Å²) in [6.07, 6.45) is 16.0. The zero-order chi connectivity index (χ0) is 24.2. The molecule has 1 heterocycles. The molecule has 2 fully saturated rings. The number of terminal acetylenes is 1. The summed E-state index contributed by atoms with van der Waals surface area (Å²) in [5.74, 6) is 2.25. The van der Waals surface area contributed by atoms with E-state index in [-0.39, 0.29) is 0 Å². The maximum absolute atomic E-state index is 4.60. The van der Waals surface area contributed by atoms with Crippen LogP contribution >= 0.6 is 0 Å². The van der Waals surface area contributed by atoms with Crippen molar-refractivity contribution in [3.63, 3.8) is 0 Å². The summed E-state index contributed by atoms with van der Waals surface area (Å²) in [6, 6.07) is 1.21. The van der Waals surface area contributed by atoms with E-state index in [4.69, 9.17) is 0 Å². The monoisotopic (exact) mass is 416 g/mol. The molecular formula is C28H52N2. The molecule has 0 spiro atoms. The largest absolute Gasteiger partial charge is 0.254 e. The third-order valence-corrected chi connectivity index (χ3v) is 5.34. The van der Waals surface area contributed by atoms with Crippen LogP contribution in [0.4, 0.5) is 0 Å². The minimum atomic E-state index is 0.488. The second-order valence-electron chi connectivity index (χ2n) is 8.29. The average Bonchev–Trinajstić information content (AvgIpc) is 3.47. The van der Waals surface area contributed by atoms with Gasteiger partial charge in [-0.2, -0.15) is 0 Å². The lowest BCUT2D eigenvalue weighted by Crippen LogP contribution is -2.50. The first kappa shape index (κ1) is 33.1. The van der Waals surface area contributed by atoms with E-state index in [1.165, 1.54) is 61.7 Å². The molecule has 1 saturated carbocycles. The molecule has 174 valence electrons. The van der Waals surface area contributed by atoms with Crippen LogP contribution < -0.4 is 10.9 Å². The molecule has 2 nitrogen and oxygen atoms in total. The Balaban J connectivity index is -0.000000405. The fourth-order valence-corrected chi connectivity index (χ4v) is 3.17. The van der Waals surface area contributed by atoms with E-state index in [1.807, 2.05) is 19.9 Å². The molecule has 1 saturated heterocycles. The van der Waals surface area contributed by atoms with Crippen molar-refractivity contribution in [1.29, 1.82) is 0 Å². The Morgan fingerprint density at radius 3 is 1.80 bits per heavy atom. The minimum absolute atomic E-state index is 0.488. The van der Waals surface area contributed by atoms with Gasteiger partial charge in [0.05, 0.1) is 0 Å². The van der Waals surface area contributed by atoms with E-state index in [2.05, 4.69) is 84.1 Å². The van der Waals surface area contributed by atoms with Gasteiger partial charge in [-0.3, -0.25) is 10.9 Å². The lowest BCUT2D eigenvalue weighted by molar-refractivity contribution is 0.270. The molecule has 3 unspecified atom stereocenters. The summed E-state index contributed by atoms with van der Waals surface area (Å²) in [7, 11) is 0. The molecule has 0 bridgehead atoms. The molecule has 0 aromatic rings. The van der Waals surface area contributed by atoms with Gasteiger partial charge in [-0.25, -0.2) is 0 Å².